The summed E-state index contributed by atoms with van der Waals surface area (Å²) in [5, 5.41) is 11.6. The van der Waals surface area contributed by atoms with Gasteiger partial charge >= 0.3 is 0 Å². The lowest BCUT2D eigenvalue weighted by atomic mass is 10.0. The molecule has 1 heterocycles. The molecule has 1 aliphatic rings. The predicted octanol–water partition coefficient (Wildman–Crippen LogP) is 0.245. The van der Waals surface area contributed by atoms with Crippen LogP contribution >= 0.6 is 0 Å². The molecule has 0 radical (unpaired) electrons. The molecule has 2 amide bonds. The molecule has 1 aromatic carbocycles. The van der Waals surface area contributed by atoms with Crippen molar-refractivity contribution >= 4 is 17.5 Å². The minimum atomic E-state index is -0.157. The van der Waals surface area contributed by atoms with Crippen LogP contribution in [0.5, 0.6) is 0 Å². The second-order valence-electron chi connectivity index (χ2n) is 4.44. The molecule has 0 aliphatic carbocycles. The lowest BCUT2D eigenvalue weighted by Gasteiger charge is -2.27. The summed E-state index contributed by atoms with van der Waals surface area (Å²) in [5.74, 6) is -0.266. The number of carbonyl (C=O) groups is 2. The minimum Gasteiger partial charge on any atom is -0.396 e. The quantitative estimate of drug-likeness (QED) is 0.805. The van der Waals surface area contributed by atoms with Crippen molar-refractivity contribution in [3.8, 4) is 0 Å². The monoisotopic (exact) mass is 248 g/mol. The van der Waals surface area contributed by atoms with E-state index >= 15 is 0 Å². The van der Waals surface area contributed by atoms with Gasteiger partial charge in [0.15, 0.2) is 0 Å². The summed E-state index contributed by atoms with van der Waals surface area (Å²) in [7, 11) is 0. The SMILES string of the molecule is CC(CO)c1cccc(N2CC(=O)NCC2=O)c1. The highest BCUT2D eigenvalue weighted by molar-refractivity contribution is 6.04. The number of carbonyl (C=O) groups excluding carboxylic acids is 2. The first kappa shape index (κ1) is 12.6. The van der Waals surface area contributed by atoms with Crippen LogP contribution in [0.15, 0.2) is 24.3 Å². The van der Waals surface area contributed by atoms with Crippen molar-refractivity contribution in [1.29, 1.82) is 0 Å². The van der Waals surface area contributed by atoms with E-state index in [0.717, 1.165) is 5.56 Å². The first-order chi connectivity index (χ1) is 8.61. The molecule has 1 aliphatic heterocycles. The van der Waals surface area contributed by atoms with Crippen molar-refractivity contribution in [3.05, 3.63) is 29.8 Å². The Kier molecular flexibility index (Phi) is 3.62. The molecule has 1 fully saturated rings. The van der Waals surface area contributed by atoms with E-state index in [4.69, 9.17) is 5.11 Å². The standard InChI is InChI=1S/C13H16N2O3/c1-9(8-16)10-3-2-4-11(5-10)15-7-12(17)14-6-13(15)18/h2-5,9,16H,6-8H2,1H3,(H,14,17). The molecule has 1 saturated heterocycles. The van der Waals surface area contributed by atoms with Gasteiger partial charge in [-0.05, 0) is 17.7 Å². The number of piperazine rings is 1. The molecular weight excluding hydrogens is 232 g/mol. The van der Waals surface area contributed by atoms with Crippen molar-refractivity contribution in [2.24, 2.45) is 0 Å². The Labute approximate surface area is 105 Å². The van der Waals surface area contributed by atoms with Crippen molar-refractivity contribution in [2.45, 2.75) is 12.8 Å². The molecule has 2 N–H and O–H groups in total. The molecule has 5 heteroatoms. The van der Waals surface area contributed by atoms with Gasteiger partial charge in [-0.1, -0.05) is 19.1 Å². The van der Waals surface area contributed by atoms with Crippen LogP contribution in [-0.4, -0.2) is 36.6 Å². The molecule has 1 atom stereocenters. The van der Waals surface area contributed by atoms with Crippen LogP contribution in [0.2, 0.25) is 0 Å². The lowest BCUT2D eigenvalue weighted by Crippen LogP contribution is -2.51. The second-order valence-corrected chi connectivity index (χ2v) is 4.44. The topological polar surface area (TPSA) is 69.6 Å². The third kappa shape index (κ3) is 2.51. The van der Waals surface area contributed by atoms with Crippen molar-refractivity contribution < 1.29 is 14.7 Å². The fraction of sp³-hybridized carbons (Fsp3) is 0.385. The van der Waals surface area contributed by atoms with Gasteiger partial charge in [0.1, 0.15) is 6.54 Å². The third-order valence-electron chi connectivity index (χ3n) is 3.06. The molecule has 1 aromatic rings. The number of anilines is 1. The fourth-order valence-electron chi connectivity index (χ4n) is 1.90. The molecule has 0 spiro atoms. The van der Waals surface area contributed by atoms with Gasteiger partial charge in [0.05, 0.1) is 6.54 Å². The van der Waals surface area contributed by atoms with Crippen LogP contribution in [0.25, 0.3) is 0 Å². The first-order valence-electron chi connectivity index (χ1n) is 5.89. The van der Waals surface area contributed by atoms with Crippen LogP contribution in [0.1, 0.15) is 18.4 Å². The summed E-state index contributed by atoms with van der Waals surface area (Å²) in [6, 6.07) is 7.37. The molecule has 0 aromatic heterocycles. The zero-order chi connectivity index (χ0) is 13.1. The molecule has 5 nitrogen and oxygen atoms in total. The van der Waals surface area contributed by atoms with Crippen LogP contribution in [0, 0.1) is 0 Å². The van der Waals surface area contributed by atoms with Crippen LogP contribution < -0.4 is 10.2 Å². The van der Waals surface area contributed by atoms with Gasteiger partial charge in [-0.15, -0.1) is 0 Å². The van der Waals surface area contributed by atoms with Gasteiger partial charge in [0, 0.05) is 18.2 Å². The van der Waals surface area contributed by atoms with E-state index in [0.29, 0.717) is 5.69 Å². The van der Waals surface area contributed by atoms with E-state index in [1.165, 1.54) is 4.90 Å². The highest BCUT2D eigenvalue weighted by atomic mass is 16.3. The maximum atomic E-state index is 11.8. The highest BCUT2D eigenvalue weighted by Gasteiger charge is 2.24. The van der Waals surface area contributed by atoms with Crippen LogP contribution in [0.3, 0.4) is 0 Å². The van der Waals surface area contributed by atoms with Crippen LogP contribution in [0.4, 0.5) is 5.69 Å². The number of hydrogen-bond acceptors (Lipinski definition) is 3. The third-order valence-corrected chi connectivity index (χ3v) is 3.06. The lowest BCUT2D eigenvalue weighted by molar-refractivity contribution is -0.128. The van der Waals surface area contributed by atoms with Gasteiger partial charge in [-0.3, -0.25) is 9.59 Å². The van der Waals surface area contributed by atoms with E-state index in [2.05, 4.69) is 5.32 Å². The number of nitrogens with zero attached hydrogens (tertiary/aromatic N) is 1. The normalized spacial score (nSPS) is 17.6. The van der Waals surface area contributed by atoms with E-state index in [-0.39, 0.29) is 37.4 Å². The van der Waals surface area contributed by atoms with Gasteiger partial charge < -0.3 is 15.3 Å². The fourth-order valence-corrected chi connectivity index (χ4v) is 1.90. The van der Waals surface area contributed by atoms with Gasteiger partial charge in [0.2, 0.25) is 11.8 Å². The minimum absolute atomic E-state index is 0.0127. The number of amides is 2. The predicted molar refractivity (Wildman–Crippen MR) is 67.3 cm³/mol. The Hall–Kier alpha value is -1.88. The number of rotatable bonds is 3. The van der Waals surface area contributed by atoms with Crippen LogP contribution in [-0.2, 0) is 9.59 Å². The molecule has 0 bridgehead atoms. The molecule has 18 heavy (non-hydrogen) atoms. The molecule has 96 valence electrons. The number of aliphatic hydroxyl groups excluding tert-OH is 1. The number of benzene rings is 1. The maximum Gasteiger partial charge on any atom is 0.246 e. The van der Waals surface area contributed by atoms with Gasteiger partial charge in [0.25, 0.3) is 0 Å². The molecule has 0 saturated carbocycles. The van der Waals surface area contributed by atoms with Crippen molar-refractivity contribution in [2.75, 3.05) is 24.6 Å². The van der Waals surface area contributed by atoms with Gasteiger partial charge in [-0.2, -0.15) is 0 Å². The Morgan fingerprint density at radius 1 is 1.44 bits per heavy atom. The van der Waals surface area contributed by atoms with Gasteiger partial charge in [-0.25, -0.2) is 0 Å². The second kappa shape index (κ2) is 5.18. The molecule has 2 rings (SSSR count). The smallest absolute Gasteiger partial charge is 0.246 e. The number of nitrogens with one attached hydrogen (secondary N) is 1. The average molecular weight is 248 g/mol. The Morgan fingerprint density at radius 2 is 2.22 bits per heavy atom. The van der Waals surface area contributed by atoms with Crippen molar-refractivity contribution in [1.82, 2.24) is 5.32 Å². The Bertz CT molecular complexity index is 473. The Morgan fingerprint density at radius 3 is 2.94 bits per heavy atom. The zero-order valence-corrected chi connectivity index (χ0v) is 10.2. The number of hydrogen-bond donors (Lipinski definition) is 2. The molecule has 1 unspecified atom stereocenters. The summed E-state index contributed by atoms with van der Waals surface area (Å²) < 4.78 is 0. The maximum absolute atomic E-state index is 11.8. The Balaban J connectivity index is 2.27. The summed E-state index contributed by atoms with van der Waals surface area (Å²) in [6.07, 6.45) is 0. The first-order valence-corrected chi connectivity index (χ1v) is 5.89. The summed E-state index contributed by atoms with van der Waals surface area (Å²) in [4.78, 5) is 24.5. The zero-order valence-electron chi connectivity index (χ0n) is 10.2. The summed E-state index contributed by atoms with van der Waals surface area (Å²) in [6.45, 7) is 2.05. The molecular formula is C13H16N2O3. The summed E-state index contributed by atoms with van der Waals surface area (Å²) in [5.41, 5.74) is 1.65. The average Bonchev–Trinajstić information content (AvgIpc) is 2.40. The van der Waals surface area contributed by atoms with E-state index in [1.807, 2.05) is 25.1 Å². The van der Waals surface area contributed by atoms with E-state index in [1.54, 1.807) is 6.07 Å². The largest absolute Gasteiger partial charge is 0.396 e. The van der Waals surface area contributed by atoms with Crippen molar-refractivity contribution in [3.63, 3.8) is 0 Å². The number of aliphatic hydroxyl groups is 1. The van der Waals surface area contributed by atoms with E-state index in [9.17, 15) is 9.59 Å². The highest BCUT2D eigenvalue weighted by Crippen LogP contribution is 2.22. The summed E-state index contributed by atoms with van der Waals surface area (Å²) >= 11 is 0. The van der Waals surface area contributed by atoms with E-state index < -0.39 is 0 Å².